The molecule has 0 aliphatic rings. The molecule has 0 aromatic heterocycles. The Hall–Kier alpha value is 0.397. The summed E-state index contributed by atoms with van der Waals surface area (Å²) < 4.78 is 0. The number of halogens is 6. The van der Waals surface area contributed by atoms with Crippen molar-refractivity contribution in [1.29, 1.82) is 0 Å². The summed E-state index contributed by atoms with van der Waals surface area (Å²) in [5.74, 6) is 0. The maximum absolute atomic E-state index is 6.55. The van der Waals surface area contributed by atoms with Crippen molar-refractivity contribution in [1.82, 2.24) is 0 Å². The molecule has 0 aliphatic carbocycles. The molecule has 0 heterocycles. The highest BCUT2D eigenvalue weighted by atomic mass is 35.7. The fraction of sp³-hybridized carbons (Fsp3) is 0. The van der Waals surface area contributed by atoms with Crippen molar-refractivity contribution in [3.05, 3.63) is 56.5 Å². The summed E-state index contributed by atoms with van der Waals surface area (Å²) in [7, 11) is 0. The van der Waals surface area contributed by atoms with E-state index in [-0.39, 0.29) is 20.1 Å². The van der Waals surface area contributed by atoms with Crippen LogP contribution in [0.3, 0.4) is 0 Å². The fourth-order valence-electron chi connectivity index (χ4n) is 1.60. The van der Waals surface area contributed by atoms with Gasteiger partial charge in [0.25, 0.3) is 0 Å². The monoisotopic (exact) mass is 388 g/mol. The van der Waals surface area contributed by atoms with E-state index in [0.717, 1.165) is 5.19 Å². The second-order valence-electron chi connectivity index (χ2n) is 3.79. The first-order valence-corrected chi connectivity index (χ1v) is 10.7. The lowest BCUT2D eigenvalue weighted by molar-refractivity contribution is 1.73. The van der Waals surface area contributed by atoms with Gasteiger partial charge in [-0.1, -0.05) is 76.7 Å². The molecule has 0 atom stereocenters. The van der Waals surface area contributed by atoms with Gasteiger partial charge in [-0.25, -0.2) is 0 Å². The minimum absolute atomic E-state index is 0.167. The predicted octanol–water partition coefficient (Wildman–Crippen LogP) is 5.33. The van der Waals surface area contributed by atoms with Gasteiger partial charge in [0.1, 0.15) is 0 Å². The first-order valence-electron chi connectivity index (χ1n) is 5.12. The fourth-order valence-corrected chi connectivity index (χ4v) is 6.59. The van der Waals surface area contributed by atoms with Gasteiger partial charge in [0.05, 0.1) is 20.1 Å². The maximum Gasteiger partial charge on any atom is 0.312 e. The molecule has 0 N–H and O–H groups in total. The van der Waals surface area contributed by atoms with Crippen LogP contribution in [0.1, 0.15) is 0 Å². The Morgan fingerprint density at radius 1 is 0.737 bits per heavy atom. The summed E-state index contributed by atoms with van der Waals surface area (Å²) in [6, 6.07) is 10.9. The molecule has 7 heteroatoms. The zero-order chi connectivity index (χ0) is 14.2. The van der Waals surface area contributed by atoms with Gasteiger partial charge in [-0.15, -0.1) is 22.2 Å². The van der Waals surface area contributed by atoms with Crippen molar-refractivity contribution in [2.24, 2.45) is 0 Å². The Morgan fingerprint density at radius 3 is 1.89 bits per heavy atom. The summed E-state index contributed by atoms with van der Waals surface area (Å²) in [5, 5.41) is 2.22. The third-order valence-electron chi connectivity index (χ3n) is 2.58. The number of benzene rings is 2. The SMILES string of the molecule is Clc1cc([Si](Cl)(Cl)c2ccccc2)c(Cl)c(Cl)c1Cl. The smallest absolute Gasteiger partial charge is 0.134 e. The zero-order valence-electron chi connectivity index (χ0n) is 9.23. The molecular formula is C12H6Cl6Si. The summed E-state index contributed by atoms with van der Waals surface area (Å²) in [5.41, 5.74) is 0. The Kier molecular flexibility index (Phi) is 5.00. The molecule has 0 saturated carbocycles. The van der Waals surface area contributed by atoms with Crippen LogP contribution in [0.4, 0.5) is 0 Å². The second-order valence-corrected chi connectivity index (χ2v) is 11.6. The van der Waals surface area contributed by atoms with Crippen LogP contribution in [0, 0.1) is 0 Å². The van der Waals surface area contributed by atoms with Crippen LogP contribution in [0.5, 0.6) is 0 Å². The van der Waals surface area contributed by atoms with Gasteiger partial charge in [-0.3, -0.25) is 0 Å². The third-order valence-corrected chi connectivity index (χ3v) is 9.15. The van der Waals surface area contributed by atoms with Crippen molar-refractivity contribution < 1.29 is 0 Å². The van der Waals surface area contributed by atoms with Gasteiger partial charge in [-0.05, 0) is 16.4 Å². The molecule has 2 rings (SSSR count). The second kappa shape index (κ2) is 6.03. The van der Waals surface area contributed by atoms with Crippen molar-refractivity contribution in [2.45, 2.75) is 0 Å². The van der Waals surface area contributed by atoms with E-state index in [1.165, 1.54) is 0 Å². The minimum atomic E-state index is -3.00. The molecule has 0 amide bonds. The van der Waals surface area contributed by atoms with Crippen molar-refractivity contribution >= 4 is 85.6 Å². The molecule has 0 fully saturated rings. The van der Waals surface area contributed by atoms with E-state index in [4.69, 9.17) is 68.6 Å². The molecule has 0 unspecified atom stereocenters. The van der Waals surface area contributed by atoms with Crippen molar-refractivity contribution in [3.8, 4) is 0 Å². The predicted molar refractivity (Wildman–Crippen MR) is 89.7 cm³/mol. The molecule has 0 saturated heterocycles. The summed E-state index contributed by atoms with van der Waals surface area (Å²) >= 11 is 37.3. The van der Waals surface area contributed by atoms with Gasteiger partial charge < -0.3 is 0 Å². The molecule has 0 radical (unpaired) electrons. The van der Waals surface area contributed by atoms with Crippen LogP contribution in [0.15, 0.2) is 36.4 Å². The zero-order valence-corrected chi connectivity index (χ0v) is 14.8. The van der Waals surface area contributed by atoms with Crippen LogP contribution in [-0.4, -0.2) is 6.69 Å². The molecule has 0 nitrogen and oxygen atoms in total. The van der Waals surface area contributed by atoms with Crippen LogP contribution in [0.2, 0.25) is 20.1 Å². The van der Waals surface area contributed by atoms with Gasteiger partial charge >= 0.3 is 6.69 Å². The lowest BCUT2D eigenvalue weighted by Crippen LogP contribution is -2.49. The highest BCUT2D eigenvalue weighted by Crippen LogP contribution is 2.36. The van der Waals surface area contributed by atoms with Gasteiger partial charge in [0.15, 0.2) is 0 Å². The number of hydrogen-bond acceptors (Lipinski definition) is 0. The van der Waals surface area contributed by atoms with E-state index in [2.05, 4.69) is 0 Å². The summed E-state index contributed by atoms with van der Waals surface area (Å²) in [4.78, 5) is 0. The molecule has 100 valence electrons. The van der Waals surface area contributed by atoms with E-state index in [1.54, 1.807) is 6.07 Å². The van der Waals surface area contributed by atoms with Gasteiger partial charge in [0.2, 0.25) is 0 Å². The Bertz CT molecular complexity index is 611. The van der Waals surface area contributed by atoms with Crippen LogP contribution >= 0.6 is 68.6 Å². The van der Waals surface area contributed by atoms with Crippen LogP contribution in [-0.2, 0) is 0 Å². The van der Waals surface area contributed by atoms with Gasteiger partial charge in [-0.2, -0.15) is 0 Å². The average Bonchev–Trinajstić information content (AvgIpc) is 2.41. The minimum Gasteiger partial charge on any atom is -0.134 e. The average molecular weight is 391 g/mol. The third kappa shape index (κ3) is 3.03. The highest BCUT2D eigenvalue weighted by molar-refractivity contribution is 7.56. The van der Waals surface area contributed by atoms with E-state index in [1.807, 2.05) is 30.3 Å². The largest absolute Gasteiger partial charge is 0.312 e. The Morgan fingerprint density at radius 2 is 1.32 bits per heavy atom. The molecular weight excluding hydrogens is 385 g/mol. The van der Waals surface area contributed by atoms with E-state index < -0.39 is 6.69 Å². The van der Waals surface area contributed by atoms with Crippen LogP contribution in [0.25, 0.3) is 0 Å². The van der Waals surface area contributed by atoms with Gasteiger partial charge in [0, 0.05) is 0 Å². The summed E-state index contributed by atoms with van der Waals surface area (Å²) in [6.07, 6.45) is 0. The van der Waals surface area contributed by atoms with Crippen molar-refractivity contribution in [2.75, 3.05) is 0 Å². The topological polar surface area (TPSA) is 0 Å². The quantitative estimate of drug-likeness (QED) is 0.281. The van der Waals surface area contributed by atoms with Crippen molar-refractivity contribution in [3.63, 3.8) is 0 Å². The molecule has 2 aromatic rings. The van der Waals surface area contributed by atoms with E-state index in [0.29, 0.717) is 5.19 Å². The van der Waals surface area contributed by atoms with E-state index >= 15 is 0 Å². The standard InChI is InChI=1S/C12H6Cl6Si/c13-8-6-9(11(15)12(16)10(8)14)19(17,18)7-4-2-1-3-5-7/h1-6H. The number of hydrogen-bond donors (Lipinski definition) is 0. The van der Waals surface area contributed by atoms with E-state index in [9.17, 15) is 0 Å². The first kappa shape index (κ1) is 15.8. The molecule has 0 spiro atoms. The normalized spacial score (nSPS) is 11.7. The summed E-state index contributed by atoms with van der Waals surface area (Å²) in [6.45, 7) is -3.00. The molecule has 2 aromatic carbocycles. The lowest BCUT2D eigenvalue weighted by Gasteiger charge is -2.20. The lowest BCUT2D eigenvalue weighted by atomic mass is 10.3. The molecule has 0 aliphatic heterocycles. The van der Waals surface area contributed by atoms with Crippen LogP contribution < -0.4 is 10.4 Å². The molecule has 19 heavy (non-hydrogen) atoms. The molecule has 0 bridgehead atoms. The number of rotatable bonds is 2. The Labute approximate surface area is 141 Å². The Balaban J connectivity index is 2.65. The maximum atomic E-state index is 6.55. The highest BCUT2D eigenvalue weighted by Gasteiger charge is 2.37. The first-order chi connectivity index (χ1) is 8.85.